The van der Waals surface area contributed by atoms with Gasteiger partial charge in [-0.15, -0.1) is 0 Å². The summed E-state index contributed by atoms with van der Waals surface area (Å²) in [6.07, 6.45) is 5.42. The zero-order valence-corrected chi connectivity index (χ0v) is 16.6. The van der Waals surface area contributed by atoms with Crippen LogP contribution in [0.5, 0.6) is 0 Å². The minimum atomic E-state index is 0.149. The van der Waals surface area contributed by atoms with E-state index in [0.29, 0.717) is 0 Å². The summed E-state index contributed by atoms with van der Waals surface area (Å²) in [4.78, 5) is 19.3. The fraction of sp³-hybridized carbons (Fsp3) is 0.682. The second-order valence-electron chi connectivity index (χ2n) is 8.01. The van der Waals surface area contributed by atoms with Crippen LogP contribution in [0.25, 0.3) is 0 Å². The molecule has 3 rings (SSSR count). The van der Waals surface area contributed by atoms with Crippen LogP contribution in [0.3, 0.4) is 0 Å². The van der Waals surface area contributed by atoms with E-state index in [-0.39, 0.29) is 5.78 Å². The lowest BCUT2D eigenvalue weighted by atomic mass is 9.93. The lowest BCUT2D eigenvalue weighted by Crippen LogP contribution is -2.47. The first kappa shape index (κ1) is 19.4. The number of piperidine rings is 1. The first-order valence-electron chi connectivity index (χ1n) is 10.5. The Bertz CT molecular complexity index is 573. The van der Waals surface area contributed by atoms with Gasteiger partial charge in [-0.3, -0.25) is 9.69 Å². The van der Waals surface area contributed by atoms with Crippen LogP contribution in [-0.2, 0) is 0 Å². The Hall–Kier alpha value is -1.39. The van der Waals surface area contributed by atoms with Crippen molar-refractivity contribution in [2.45, 2.75) is 39.5 Å². The quantitative estimate of drug-likeness (QED) is 0.698. The number of benzene rings is 1. The summed E-state index contributed by atoms with van der Waals surface area (Å²) in [7, 11) is 0. The summed E-state index contributed by atoms with van der Waals surface area (Å²) in [5.74, 6) is 1.07. The second-order valence-corrected chi connectivity index (χ2v) is 8.01. The topological polar surface area (TPSA) is 26.8 Å². The Kier molecular flexibility index (Phi) is 7.09. The molecule has 0 saturated carbocycles. The number of ketones is 1. The molecule has 2 fully saturated rings. The van der Waals surface area contributed by atoms with Gasteiger partial charge in [-0.05, 0) is 76.8 Å². The van der Waals surface area contributed by atoms with Gasteiger partial charge in [0.15, 0.2) is 5.78 Å². The van der Waals surface area contributed by atoms with Crippen LogP contribution in [0.4, 0.5) is 5.69 Å². The van der Waals surface area contributed by atoms with Gasteiger partial charge >= 0.3 is 0 Å². The number of hydrogen-bond donors (Lipinski definition) is 0. The molecule has 0 aromatic heterocycles. The van der Waals surface area contributed by atoms with Crippen molar-refractivity contribution in [3.63, 3.8) is 0 Å². The van der Waals surface area contributed by atoms with Crippen molar-refractivity contribution < 1.29 is 4.79 Å². The number of rotatable bonds is 7. The molecule has 26 heavy (non-hydrogen) atoms. The zero-order chi connectivity index (χ0) is 18.4. The second kappa shape index (κ2) is 9.52. The van der Waals surface area contributed by atoms with Gasteiger partial charge in [-0.2, -0.15) is 0 Å². The summed E-state index contributed by atoms with van der Waals surface area (Å²) in [5, 5.41) is 0. The van der Waals surface area contributed by atoms with E-state index < -0.39 is 0 Å². The van der Waals surface area contributed by atoms with Crippen LogP contribution in [0.1, 0.15) is 49.9 Å². The Morgan fingerprint density at radius 3 is 2.35 bits per heavy atom. The number of nitrogens with zero attached hydrogens (tertiary/aromatic N) is 3. The van der Waals surface area contributed by atoms with Gasteiger partial charge < -0.3 is 9.80 Å². The molecule has 2 aliphatic heterocycles. The average molecular weight is 358 g/mol. The highest BCUT2D eigenvalue weighted by Crippen LogP contribution is 2.22. The number of likely N-dealkylation sites (tertiary alicyclic amines) is 1. The molecule has 144 valence electrons. The molecule has 2 heterocycles. The molecule has 2 saturated heterocycles. The predicted octanol–water partition coefficient (Wildman–Crippen LogP) is 3.52. The van der Waals surface area contributed by atoms with E-state index >= 15 is 0 Å². The van der Waals surface area contributed by atoms with E-state index in [9.17, 15) is 4.79 Å². The first-order valence-corrected chi connectivity index (χ1v) is 10.5. The lowest BCUT2D eigenvalue weighted by Gasteiger charge is -2.37. The molecule has 1 aromatic rings. The maximum Gasteiger partial charge on any atom is 0.159 e. The molecule has 4 heteroatoms. The molecule has 0 atom stereocenters. The van der Waals surface area contributed by atoms with Gasteiger partial charge in [-0.25, -0.2) is 0 Å². The Balaban J connectivity index is 1.39. The fourth-order valence-corrected chi connectivity index (χ4v) is 4.33. The van der Waals surface area contributed by atoms with Crippen molar-refractivity contribution in [2.24, 2.45) is 5.92 Å². The van der Waals surface area contributed by atoms with Gasteiger partial charge in [0, 0.05) is 37.4 Å². The van der Waals surface area contributed by atoms with E-state index in [1.165, 1.54) is 57.5 Å². The molecule has 0 amide bonds. The van der Waals surface area contributed by atoms with Crippen molar-refractivity contribution in [1.82, 2.24) is 9.80 Å². The summed E-state index contributed by atoms with van der Waals surface area (Å²) in [5.41, 5.74) is 2.01. The number of Topliss-reactive ketones (excluding diaryl/α,β-unsaturated/α-hetero) is 1. The van der Waals surface area contributed by atoms with E-state index in [1.54, 1.807) is 6.92 Å². The molecular formula is C22H35N3O. The van der Waals surface area contributed by atoms with E-state index in [0.717, 1.165) is 37.7 Å². The predicted molar refractivity (Wildman–Crippen MR) is 109 cm³/mol. The molecule has 0 spiro atoms. The summed E-state index contributed by atoms with van der Waals surface area (Å²) in [6.45, 7) is 13.5. The Morgan fingerprint density at radius 1 is 1.00 bits per heavy atom. The molecule has 0 N–H and O–H groups in total. The number of anilines is 1. The van der Waals surface area contributed by atoms with Crippen molar-refractivity contribution in [2.75, 3.05) is 57.3 Å². The highest BCUT2D eigenvalue weighted by atomic mass is 16.1. The smallest absolute Gasteiger partial charge is 0.159 e. The first-order chi connectivity index (χ1) is 12.7. The molecule has 0 radical (unpaired) electrons. The van der Waals surface area contributed by atoms with Crippen LogP contribution in [0, 0.1) is 5.92 Å². The van der Waals surface area contributed by atoms with Gasteiger partial charge in [0.05, 0.1) is 0 Å². The highest BCUT2D eigenvalue weighted by Gasteiger charge is 2.21. The van der Waals surface area contributed by atoms with Crippen molar-refractivity contribution in [1.29, 1.82) is 0 Å². The summed E-state index contributed by atoms with van der Waals surface area (Å²) < 4.78 is 0. The summed E-state index contributed by atoms with van der Waals surface area (Å²) >= 11 is 0. The Morgan fingerprint density at radius 2 is 1.69 bits per heavy atom. The van der Waals surface area contributed by atoms with E-state index in [1.807, 2.05) is 18.2 Å². The fourth-order valence-electron chi connectivity index (χ4n) is 4.33. The SMILES string of the molecule is CCCN1CCC(CCN2CCN(c3cccc(C(C)=O)c3)CC2)CC1. The minimum Gasteiger partial charge on any atom is -0.369 e. The number of piperazine rings is 1. The molecule has 0 bridgehead atoms. The molecule has 2 aliphatic rings. The van der Waals surface area contributed by atoms with Crippen LogP contribution < -0.4 is 4.90 Å². The van der Waals surface area contributed by atoms with Crippen molar-refractivity contribution >= 4 is 11.5 Å². The van der Waals surface area contributed by atoms with Gasteiger partial charge in [0.1, 0.15) is 0 Å². The van der Waals surface area contributed by atoms with Crippen LogP contribution in [0.2, 0.25) is 0 Å². The zero-order valence-electron chi connectivity index (χ0n) is 16.6. The Labute approximate surface area is 159 Å². The highest BCUT2D eigenvalue weighted by molar-refractivity contribution is 5.94. The van der Waals surface area contributed by atoms with Crippen LogP contribution in [0.15, 0.2) is 24.3 Å². The molecule has 0 unspecified atom stereocenters. The van der Waals surface area contributed by atoms with Gasteiger partial charge in [-0.1, -0.05) is 19.1 Å². The van der Waals surface area contributed by atoms with Crippen molar-refractivity contribution in [3.8, 4) is 0 Å². The maximum atomic E-state index is 11.6. The largest absolute Gasteiger partial charge is 0.369 e. The third kappa shape index (κ3) is 5.31. The third-order valence-electron chi connectivity index (χ3n) is 6.09. The lowest BCUT2D eigenvalue weighted by molar-refractivity contribution is 0.101. The van der Waals surface area contributed by atoms with Gasteiger partial charge in [0.2, 0.25) is 0 Å². The van der Waals surface area contributed by atoms with E-state index in [4.69, 9.17) is 0 Å². The monoisotopic (exact) mass is 357 g/mol. The van der Waals surface area contributed by atoms with Crippen LogP contribution in [-0.4, -0.2) is 67.9 Å². The number of hydrogen-bond acceptors (Lipinski definition) is 4. The number of carbonyl (C=O) groups excluding carboxylic acids is 1. The van der Waals surface area contributed by atoms with Gasteiger partial charge in [0.25, 0.3) is 0 Å². The van der Waals surface area contributed by atoms with Crippen molar-refractivity contribution in [3.05, 3.63) is 29.8 Å². The molecule has 1 aromatic carbocycles. The minimum absolute atomic E-state index is 0.149. The number of carbonyl (C=O) groups is 1. The molecular weight excluding hydrogens is 322 g/mol. The normalized spacial score (nSPS) is 20.5. The summed E-state index contributed by atoms with van der Waals surface area (Å²) in [6, 6.07) is 8.09. The third-order valence-corrected chi connectivity index (χ3v) is 6.09. The standard InChI is InChI=1S/C22H35N3O/c1-3-10-23-11-7-20(8-12-23)9-13-24-14-16-25(17-15-24)22-6-4-5-21(18-22)19(2)26/h4-6,18,20H,3,7-17H2,1-2H3. The molecule has 4 nitrogen and oxygen atoms in total. The average Bonchev–Trinajstić information content (AvgIpc) is 2.68. The van der Waals surface area contributed by atoms with E-state index in [2.05, 4.69) is 27.7 Å². The molecule has 0 aliphatic carbocycles. The maximum absolute atomic E-state index is 11.6. The van der Waals surface area contributed by atoms with Crippen LogP contribution >= 0.6 is 0 Å².